The Morgan fingerprint density at radius 3 is 3.05 bits per heavy atom. The molecule has 20 heavy (non-hydrogen) atoms. The fourth-order valence-corrected chi connectivity index (χ4v) is 4.01. The highest BCUT2D eigenvalue weighted by molar-refractivity contribution is 7.99. The van der Waals surface area contributed by atoms with Crippen LogP contribution in [0, 0.1) is 5.92 Å². The summed E-state index contributed by atoms with van der Waals surface area (Å²) < 4.78 is 10.4. The van der Waals surface area contributed by atoms with Crippen LogP contribution in [-0.4, -0.2) is 38.6 Å². The van der Waals surface area contributed by atoms with Gasteiger partial charge in [0, 0.05) is 19.1 Å². The first kappa shape index (κ1) is 15.5. The number of esters is 1. The number of nitrogens with one attached hydrogen (secondary N) is 1. The van der Waals surface area contributed by atoms with E-state index in [1.807, 2.05) is 6.26 Å². The largest absolute Gasteiger partial charge is 0.462 e. The third-order valence-electron chi connectivity index (χ3n) is 3.14. The summed E-state index contributed by atoms with van der Waals surface area (Å²) in [6, 6.07) is 0. The van der Waals surface area contributed by atoms with Gasteiger partial charge in [-0.15, -0.1) is 23.1 Å². The SMILES string of the molecule is CCOC(=O)c1sc(NCC2CCOC2)c(SC)c1N. The van der Waals surface area contributed by atoms with Crippen molar-refractivity contribution in [2.45, 2.75) is 18.2 Å². The summed E-state index contributed by atoms with van der Waals surface area (Å²) in [5, 5.41) is 4.34. The lowest BCUT2D eigenvalue weighted by Crippen LogP contribution is -2.13. The highest BCUT2D eigenvalue weighted by Gasteiger charge is 2.23. The molecule has 5 nitrogen and oxygen atoms in total. The number of hydrogen-bond acceptors (Lipinski definition) is 7. The molecule has 0 amide bonds. The highest BCUT2D eigenvalue weighted by Crippen LogP contribution is 2.42. The van der Waals surface area contributed by atoms with Gasteiger partial charge in [-0.05, 0) is 19.6 Å². The summed E-state index contributed by atoms with van der Waals surface area (Å²) in [5.41, 5.74) is 6.57. The summed E-state index contributed by atoms with van der Waals surface area (Å²) in [5.74, 6) is 0.182. The molecule has 1 unspecified atom stereocenters. The Morgan fingerprint density at radius 1 is 1.65 bits per heavy atom. The molecule has 2 rings (SSSR count). The van der Waals surface area contributed by atoms with Gasteiger partial charge in [0.25, 0.3) is 0 Å². The minimum atomic E-state index is -0.345. The lowest BCUT2D eigenvalue weighted by molar-refractivity contribution is 0.0533. The fraction of sp³-hybridized carbons (Fsp3) is 0.615. The van der Waals surface area contributed by atoms with Gasteiger partial charge in [-0.25, -0.2) is 4.79 Å². The Labute approximate surface area is 127 Å². The number of ether oxygens (including phenoxy) is 2. The molecular formula is C13H20N2O3S2. The Kier molecular flexibility index (Phi) is 5.56. The molecule has 0 aliphatic carbocycles. The lowest BCUT2D eigenvalue weighted by atomic mass is 10.1. The molecule has 3 N–H and O–H groups in total. The zero-order chi connectivity index (χ0) is 14.5. The topological polar surface area (TPSA) is 73.6 Å². The first-order valence-corrected chi connectivity index (χ1v) is 8.66. The molecule has 1 atom stereocenters. The molecule has 1 aromatic rings. The van der Waals surface area contributed by atoms with Crippen molar-refractivity contribution < 1.29 is 14.3 Å². The lowest BCUT2D eigenvalue weighted by Gasteiger charge is -2.10. The molecule has 2 heterocycles. The van der Waals surface area contributed by atoms with Gasteiger partial charge in [0.2, 0.25) is 0 Å². The number of rotatable bonds is 6. The number of nitrogen functional groups attached to an aromatic ring is 1. The molecule has 7 heteroatoms. The zero-order valence-corrected chi connectivity index (χ0v) is 13.4. The van der Waals surface area contributed by atoms with Crippen molar-refractivity contribution >= 4 is 39.8 Å². The average molecular weight is 316 g/mol. The van der Waals surface area contributed by atoms with Gasteiger partial charge in [-0.3, -0.25) is 0 Å². The second-order valence-electron chi connectivity index (χ2n) is 4.54. The summed E-state index contributed by atoms with van der Waals surface area (Å²) in [6.45, 7) is 4.62. The second-order valence-corrected chi connectivity index (χ2v) is 6.38. The number of carbonyl (C=O) groups is 1. The minimum absolute atomic E-state index is 0.345. The number of carbonyl (C=O) groups excluding carboxylic acids is 1. The number of thioether (sulfide) groups is 1. The number of nitrogens with two attached hydrogens (primary N) is 1. The molecule has 0 aromatic carbocycles. The summed E-state index contributed by atoms with van der Waals surface area (Å²) in [4.78, 5) is 13.3. The normalized spacial score (nSPS) is 18.2. The van der Waals surface area contributed by atoms with Gasteiger partial charge in [0.1, 0.15) is 9.88 Å². The van der Waals surface area contributed by atoms with E-state index in [0.29, 0.717) is 23.1 Å². The van der Waals surface area contributed by atoms with E-state index in [1.165, 1.54) is 11.3 Å². The van der Waals surface area contributed by atoms with Crippen LogP contribution in [0.4, 0.5) is 10.7 Å². The fourth-order valence-electron chi connectivity index (χ4n) is 2.08. The summed E-state index contributed by atoms with van der Waals surface area (Å²) >= 11 is 2.91. The molecule has 1 fully saturated rings. The van der Waals surface area contributed by atoms with Crippen molar-refractivity contribution in [3.05, 3.63) is 4.88 Å². The first-order valence-electron chi connectivity index (χ1n) is 6.62. The second kappa shape index (κ2) is 7.19. The third-order valence-corrected chi connectivity index (χ3v) is 5.24. The van der Waals surface area contributed by atoms with E-state index in [4.69, 9.17) is 15.2 Å². The van der Waals surface area contributed by atoms with Crippen molar-refractivity contribution in [1.82, 2.24) is 0 Å². The van der Waals surface area contributed by atoms with Gasteiger partial charge in [-0.2, -0.15) is 0 Å². The molecule has 0 saturated carbocycles. The van der Waals surface area contributed by atoms with E-state index in [9.17, 15) is 4.79 Å². The molecule has 1 aromatic heterocycles. The van der Waals surface area contributed by atoms with Crippen LogP contribution >= 0.6 is 23.1 Å². The van der Waals surface area contributed by atoms with Crippen molar-refractivity contribution in [2.24, 2.45) is 5.92 Å². The van der Waals surface area contributed by atoms with Gasteiger partial charge in [0.05, 0.1) is 23.8 Å². The zero-order valence-electron chi connectivity index (χ0n) is 11.7. The maximum absolute atomic E-state index is 11.9. The maximum Gasteiger partial charge on any atom is 0.350 e. The quantitative estimate of drug-likeness (QED) is 0.621. The third kappa shape index (κ3) is 3.39. The van der Waals surface area contributed by atoms with Crippen LogP contribution in [0.25, 0.3) is 0 Å². The standard InChI is InChI=1S/C13H20N2O3S2/c1-3-18-13(16)11-9(14)10(19-2)12(20-11)15-6-8-4-5-17-7-8/h8,15H,3-7,14H2,1-2H3. The van der Waals surface area contributed by atoms with Crippen LogP contribution in [0.1, 0.15) is 23.0 Å². The van der Waals surface area contributed by atoms with Crippen LogP contribution < -0.4 is 11.1 Å². The molecule has 0 radical (unpaired) electrons. The summed E-state index contributed by atoms with van der Waals surface area (Å²) in [7, 11) is 0. The summed E-state index contributed by atoms with van der Waals surface area (Å²) in [6.07, 6.45) is 3.03. The van der Waals surface area contributed by atoms with E-state index in [1.54, 1.807) is 18.7 Å². The minimum Gasteiger partial charge on any atom is -0.462 e. The Hall–Kier alpha value is -0.920. The Morgan fingerprint density at radius 2 is 2.45 bits per heavy atom. The highest BCUT2D eigenvalue weighted by atomic mass is 32.2. The van der Waals surface area contributed by atoms with E-state index < -0.39 is 0 Å². The number of anilines is 2. The van der Waals surface area contributed by atoms with Gasteiger partial charge >= 0.3 is 5.97 Å². The molecular weight excluding hydrogens is 296 g/mol. The number of hydrogen-bond donors (Lipinski definition) is 2. The molecule has 1 saturated heterocycles. The number of thiophene rings is 1. The van der Waals surface area contributed by atoms with Crippen molar-refractivity contribution in [3.8, 4) is 0 Å². The molecule has 0 spiro atoms. The van der Waals surface area contributed by atoms with E-state index in [0.717, 1.165) is 36.1 Å². The van der Waals surface area contributed by atoms with E-state index in [-0.39, 0.29) is 5.97 Å². The molecule has 1 aliphatic heterocycles. The van der Waals surface area contributed by atoms with Gasteiger partial charge in [0.15, 0.2) is 0 Å². The van der Waals surface area contributed by atoms with E-state index in [2.05, 4.69) is 5.32 Å². The first-order chi connectivity index (χ1) is 9.67. The Balaban J connectivity index is 2.10. The van der Waals surface area contributed by atoms with E-state index >= 15 is 0 Å². The van der Waals surface area contributed by atoms with Crippen LogP contribution in [0.15, 0.2) is 4.90 Å². The van der Waals surface area contributed by atoms with Crippen molar-refractivity contribution in [1.29, 1.82) is 0 Å². The average Bonchev–Trinajstić information content (AvgIpc) is 3.04. The molecule has 1 aliphatic rings. The van der Waals surface area contributed by atoms with Crippen LogP contribution in [-0.2, 0) is 9.47 Å². The van der Waals surface area contributed by atoms with Gasteiger partial charge < -0.3 is 20.5 Å². The predicted molar refractivity (Wildman–Crippen MR) is 83.9 cm³/mol. The van der Waals surface area contributed by atoms with Crippen LogP contribution in [0.2, 0.25) is 0 Å². The van der Waals surface area contributed by atoms with Crippen LogP contribution in [0.3, 0.4) is 0 Å². The predicted octanol–water partition coefficient (Wildman–Crippen LogP) is 2.68. The van der Waals surface area contributed by atoms with Gasteiger partial charge in [-0.1, -0.05) is 0 Å². The Bertz CT molecular complexity index is 470. The molecule has 0 bridgehead atoms. The van der Waals surface area contributed by atoms with Crippen molar-refractivity contribution in [3.63, 3.8) is 0 Å². The monoisotopic (exact) mass is 316 g/mol. The van der Waals surface area contributed by atoms with Crippen molar-refractivity contribution in [2.75, 3.05) is 43.7 Å². The maximum atomic E-state index is 11.9. The van der Waals surface area contributed by atoms with Crippen LogP contribution in [0.5, 0.6) is 0 Å². The smallest absolute Gasteiger partial charge is 0.350 e. The molecule has 112 valence electrons.